The predicted octanol–water partition coefficient (Wildman–Crippen LogP) is 1.89. The second-order valence-electron chi connectivity index (χ2n) is 4.05. The van der Waals surface area contributed by atoms with Crippen LogP contribution in [0.15, 0.2) is 22.7 Å². The van der Waals surface area contributed by atoms with E-state index in [1.54, 1.807) is 4.90 Å². The highest BCUT2D eigenvalue weighted by Crippen LogP contribution is 2.21. The Morgan fingerprint density at radius 1 is 1.61 bits per heavy atom. The summed E-state index contributed by atoms with van der Waals surface area (Å²) in [6.45, 7) is 1.43. The number of carbonyl (C=O) groups excluding carboxylic acids is 1. The van der Waals surface area contributed by atoms with E-state index in [9.17, 15) is 4.79 Å². The van der Waals surface area contributed by atoms with Crippen molar-refractivity contribution >= 4 is 44.4 Å². The quantitative estimate of drug-likeness (QED) is 0.736. The van der Waals surface area contributed by atoms with Crippen molar-refractivity contribution in [3.63, 3.8) is 0 Å². The summed E-state index contributed by atoms with van der Waals surface area (Å²) >= 11 is 5.53. The Morgan fingerprint density at radius 2 is 2.39 bits per heavy atom. The van der Waals surface area contributed by atoms with Gasteiger partial charge in [0, 0.05) is 21.1 Å². The summed E-state index contributed by atoms with van der Waals surface area (Å²) in [7, 11) is 0. The fourth-order valence-electron chi connectivity index (χ4n) is 1.85. The Morgan fingerprint density at radius 3 is 3.11 bits per heavy atom. The lowest BCUT2D eigenvalue weighted by Crippen LogP contribution is -2.47. The van der Waals surface area contributed by atoms with Gasteiger partial charge in [0.25, 0.3) is 5.91 Å². The molecule has 1 atom stereocenters. The number of rotatable bonds is 2. The Bertz CT molecular complexity index is 455. The van der Waals surface area contributed by atoms with E-state index >= 15 is 0 Å². The van der Waals surface area contributed by atoms with Gasteiger partial charge in [0.1, 0.15) is 0 Å². The SMILES string of the molecule is O=C(c1cc(Br)ccc1I)N1CCOC(CO)C1. The standard InChI is InChI=1S/C12H13BrINO3/c13-8-1-2-11(14)10(5-8)12(17)15-3-4-18-9(6-15)7-16/h1-2,5,9,16H,3-4,6-7H2. The molecule has 1 aliphatic rings. The molecule has 1 aliphatic heterocycles. The number of hydrogen-bond donors (Lipinski definition) is 1. The topological polar surface area (TPSA) is 49.8 Å². The molecule has 0 spiro atoms. The number of morpholine rings is 1. The molecule has 0 bridgehead atoms. The molecule has 2 rings (SSSR count). The van der Waals surface area contributed by atoms with Gasteiger partial charge in [-0.05, 0) is 40.8 Å². The minimum atomic E-state index is -0.271. The van der Waals surface area contributed by atoms with Crippen molar-refractivity contribution in [3.8, 4) is 0 Å². The highest BCUT2D eigenvalue weighted by molar-refractivity contribution is 14.1. The zero-order valence-electron chi connectivity index (χ0n) is 9.60. The van der Waals surface area contributed by atoms with Crippen LogP contribution in [0.3, 0.4) is 0 Å². The lowest BCUT2D eigenvalue weighted by Gasteiger charge is -2.32. The molecule has 1 fully saturated rings. The molecule has 1 amide bonds. The normalized spacial score (nSPS) is 19.9. The van der Waals surface area contributed by atoms with Gasteiger partial charge in [-0.15, -0.1) is 0 Å². The highest BCUT2D eigenvalue weighted by atomic mass is 127. The van der Waals surface area contributed by atoms with Crippen molar-refractivity contribution < 1.29 is 14.6 Å². The van der Waals surface area contributed by atoms with E-state index in [0.29, 0.717) is 25.3 Å². The van der Waals surface area contributed by atoms with Crippen LogP contribution in [0.1, 0.15) is 10.4 Å². The minimum Gasteiger partial charge on any atom is -0.394 e. The van der Waals surface area contributed by atoms with E-state index in [4.69, 9.17) is 9.84 Å². The van der Waals surface area contributed by atoms with Crippen LogP contribution in [0, 0.1) is 3.57 Å². The molecule has 1 saturated heterocycles. The number of ether oxygens (including phenoxy) is 1. The summed E-state index contributed by atoms with van der Waals surface area (Å²) in [5, 5.41) is 9.09. The number of nitrogens with zero attached hydrogens (tertiary/aromatic N) is 1. The lowest BCUT2D eigenvalue weighted by atomic mass is 10.2. The monoisotopic (exact) mass is 425 g/mol. The third-order valence-electron chi connectivity index (χ3n) is 2.79. The van der Waals surface area contributed by atoms with Crippen molar-refractivity contribution in [1.82, 2.24) is 4.90 Å². The summed E-state index contributed by atoms with van der Waals surface area (Å²) in [6, 6.07) is 5.64. The number of carbonyl (C=O) groups is 1. The van der Waals surface area contributed by atoms with Crippen LogP contribution in [-0.2, 0) is 4.74 Å². The molecule has 98 valence electrons. The third kappa shape index (κ3) is 3.23. The Labute approximate surface area is 128 Å². The van der Waals surface area contributed by atoms with Crippen LogP contribution in [0.25, 0.3) is 0 Å². The van der Waals surface area contributed by atoms with E-state index in [1.807, 2.05) is 18.2 Å². The molecule has 1 aromatic rings. The number of aliphatic hydroxyl groups excluding tert-OH is 1. The van der Waals surface area contributed by atoms with Gasteiger partial charge in [-0.2, -0.15) is 0 Å². The summed E-state index contributed by atoms with van der Waals surface area (Å²) < 4.78 is 7.15. The van der Waals surface area contributed by atoms with Crippen LogP contribution >= 0.6 is 38.5 Å². The maximum Gasteiger partial charge on any atom is 0.255 e. The van der Waals surface area contributed by atoms with Gasteiger partial charge in [-0.3, -0.25) is 4.79 Å². The van der Waals surface area contributed by atoms with Crippen molar-refractivity contribution in [2.24, 2.45) is 0 Å². The van der Waals surface area contributed by atoms with E-state index in [0.717, 1.165) is 8.04 Å². The second kappa shape index (κ2) is 6.31. The van der Waals surface area contributed by atoms with Crippen molar-refractivity contribution in [3.05, 3.63) is 31.8 Å². The molecule has 1 aromatic carbocycles. The highest BCUT2D eigenvalue weighted by Gasteiger charge is 2.25. The molecule has 0 radical (unpaired) electrons. The Balaban J connectivity index is 2.17. The van der Waals surface area contributed by atoms with Gasteiger partial charge >= 0.3 is 0 Å². The molecule has 1 heterocycles. The van der Waals surface area contributed by atoms with Gasteiger partial charge in [0.2, 0.25) is 0 Å². The van der Waals surface area contributed by atoms with Gasteiger partial charge in [-0.1, -0.05) is 15.9 Å². The zero-order chi connectivity index (χ0) is 13.1. The lowest BCUT2D eigenvalue weighted by molar-refractivity contribution is -0.0447. The molecule has 4 nitrogen and oxygen atoms in total. The molecule has 0 aromatic heterocycles. The first-order valence-corrected chi connectivity index (χ1v) is 7.46. The van der Waals surface area contributed by atoms with Crippen molar-refractivity contribution in [2.75, 3.05) is 26.3 Å². The molecule has 18 heavy (non-hydrogen) atoms. The van der Waals surface area contributed by atoms with E-state index < -0.39 is 0 Å². The van der Waals surface area contributed by atoms with Crippen LogP contribution < -0.4 is 0 Å². The van der Waals surface area contributed by atoms with Crippen LogP contribution in [0.4, 0.5) is 0 Å². The number of benzene rings is 1. The summed E-state index contributed by atoms with van der Waals surface area (Å²) in [6.07, 6.45) is -0.271. The fourth-order valence-corrected chi connectivity index (χ4v) is 2.77. The maximum atomic E-state index is 12.4. The van der Waals surface area contributed by atoms with Crippen LogP contribution in [0.5, 0.6) is 0 Å². The van der Waals surface area contributed by atoms with E-state index in [-0.39, 0.29) is 18.6 Å². The number of amides is 1. The summed E-state index contributed by atoms with van der Waals surface area (Å²) in [5.41, 5.74) is 0.684. The number of aliphatic hydroxyl groups is 1. The van der Waals surface area contributed by atoms with E-state index in [2.05, 4.69) is 38.5 Å². The van der Waals surface area contributed by atoms with Crippen LogP contribution in [-0.4, -0.2) is 48.3 Å². The molecule has 0 saturated carbocycles. The molecule has 6 heteroatoms. The molecular formula is C12H13BrINO3. The Hall–Kier alpha value is -0.180. The Kier molecular flexibility index (Phi) is 4.99. The molecule has 1 unspecified atom stereocenters. The minimum absolute atomic E-state index is 0.0116. The first-order valence-electron chi connectivity index (χ1n) is 5.58. The third-order valence-corrected chi connectivity index (χ3v) is 4.22. The average Bonchev–Trinajstić information content (AvgIpc) is 2.41. The van der Waals surface area contributed by atoms with Crippen molar-refractivity contribution in [2.45, 2.75) is 6.10 Å². The van der Waals surface area contributed by atoms with Gasteiger partial charge in [0.05, 0.1) is 24.9 Å². The van der Waals surface area contributed by atoms with Gasteiger partial charge < -0.3 is 14.7 Å². The average molecular weight is 426 g/mol. The summed E-state index contributed by atoms with van der Waals surface area (Å²) in [4.78, 5) is 14.1. The molecule has 0 aliphatic carbocycles. The molecule has 1 N–H and O–H groups in total. The van der Waals surface area contributed by atoms with Gasteiger partial charge in [0.15, 0.2) is 0 Å². The molecular weight excluding hydrogens is 413 g/mol. The first kappa shape index (κ1) is 14.2. The predicted molar refractivity (Wildman–Crippen MR) is 79.6 cm³/mol. The summed E-state index contributed by atoms with van der Waals surface area (Å²) in [5.74, 6) is -0.0116. The number of halogens is 2. The number of hydrogen-bond acceptors (Lipinski definition) is 3. The maximum absolute atomic E-state index is 12.4. The first-order chi connectivity index (χ1) is 8.61. The van der Waals surface area contributed by atoms with Gasteiger partial charge in [-0.25, -0.2) is 0 Å². The zero-order valence-corrected chi connectivity index (χ0v) is 13.3. The second-order valence-corrected chi connectivity index (χ2v) is 6.13. The van der Waals surface area contributed by atoms with E-state index in [1.165, 1.54) is 0 Å². The largest absolute Gasteiger partial charge is 0.394 e. The smallest absolute Gasteiger partial charge is 0.255 e. The van der Waals surface area contributed by atoms with Crippen LogP contribution in [0.2, 0.25) is 0 Å². The van der Waals surface area contributed by atoms with Crippen molar-refractivity contribution in [1.29, 1.82) is 0 Å². The fraction of sp³-hybridized carbons (Fsp3) is 0.417.